The molecule has 9 heteroatoms. The van der Waals surface area contributed by atoms with Gasteiger partial charge in [0, 0.05) is 7.05 Å². The monoisotopic (exact) mass is 317 g/mol. The van der Waals surface area contributed by atoms with E-state index in [1.165, 1.54) is 19.2 Å². The summed E-state index contributed by atoms with van der Waals surface area (Å²) >= 11 is 0. The highest BCUT2D eigenvalue weighted by molar-refractivity contribution is 7.89. The second kappa shape index (κ2) is 6.55. The van der Waals surface area contributed by atoms with Gasteiger partial charge in [-0.15, -0.1) is 0 Å². The van der Waals surface area contributed by atoms with E-state index in [2.05, 4.69) is 4.74 Å². The molecule has 0 radical (unpaired) electrons. The fraction of sp³-hybridized carbons (Fsp3) is 0.333. The van der Waals surface area contributed by atoms with Crippen LogP contribution in [0.5, 0.6) is 5.75 Å². The Bertz CT molecular complexity index is 654. The van der Waals surface area contributed by atoms with E-state index in [0.29, 0.717) is 4.31 Å². The SMILES string of the molecule is COC(=O)c1cc(S(=O)(=O)N(C)CC(=O)O)ccc1OC. The molecule has 0 saturated carbocycles. The van der Waals surface area contributed by atoms with Crippen LogP contribution in [0.1, 0.15) is 10.4 Å². The molecule has 0 saturated heterocycles. The molecule has 116 valence electrons. The number of carboxylic acid groups (broad SMARTS) is 1. The standard InChI is InChI=1S/C12H15NO7S/c1-13(7-11(14)15)21(17,18)8-4-5-10(19-2)9(6-8)12(16)20-3/h4-6H,7H2,1-3H3,(H,14,15). The van der Waals surface area contributed by atoms with Gasteiger partial charge in [0.15, 0.2) is 0 Å². The summed E-state index contributed by atoms with van der Waals surface area (Å²) < 4.78 is 34.6. The number of hydrogen-bond acceptors (Lipinski definition) is 6. The Balaban J connectivity index is 3.31. The lowest BCUT2D eigenvalue weighted by atomic mass is 10.2. The molecule has 0 unspecified atom stereocenters. The number of carboxylic acids is 1. The number of methoxy groups -OCH3 is 2. The van der Waals surface area contributed by atoms with Crippen molar-refractivity contribution in [1.29, 1.82) is 0 Å². The van der Waals surface area contributed by atoms with Gasteiger partial charge in [-0.1, -0.05) is 0 Å². The highest BCUT2D eigenvalue weighted by atomic mass is 32.2. The Labute approximate surface area is 121 Å². The van der Waals surface area contributed by atoms with E-state index in [1.54, 1.807) is 0 Å². The normalized spacial score (nSPS) is 11.2. The maximum atomic E-state index is 12.2. The van der Waals surface area contributed by atoms with Gasteiger partial charge in [-0.05, 0) is 18.2 Å². The molecule has 1 aromatic carbocycles. The van der Waals surface area contributed by atoms with Crippen molar-refractivity contribution in [3.63, 3.8) is 0 Å². The van der Waals surface area contributed by atoms with Crippen molar-refractivity contribution < 1.29 is 32.6 Å². The van der Waals surface area contributed by atoms with Gasteiger partial charge in [-0.25, -0.2) is 13.2 Å². The van der Waals surface area contributed by atoms with Gasteiger partial charge in [-0.2, -0.15) is 4.31 Å². The van der Waals surface area contributed by atoms with Gasteiger partial charge in [0.1, 0.15) is 17.9 Å². The van der Waals surface area contributed by atoms with E-state index in [9.17, 15) is 18.0 Å². The zero-order chi connectivity index (χ0) is 16.2. The summed E-state index contributed by atoms with van der Waals surface area (Å²) in [5.41, 5.74) is -0.0650. The zero-order valence-corrected chi connectivity index (χ0v) is 12.5. The molecule has 21 heavy (non-hydrogen) atoms. The van der Waals surface area contributed by atoms with E-state index < -0.39 is 28.5 Å². The third-order valence-corrected chi connectivity index (χ3v) is 4.44. The Kier molecular flexibility index (Phi) is 5.28. The number of carbonyl (C=O) groups is 2. The molecular formula is C12H15NO7S. The van der Waals surface area contributed by atoms with Gasteiger partial charge in [0.2, 0.25) is 10.0 Å². The number of ether oxygens (including phenoxy) is 2. The summed E-state index contributed by atoms with van der Waals surface area (Å²) in [7, 11) is -0.425. The second-order valence-corrected chi connectivity index (χ2v) is 6.05. The fourth-order valence-corrected chi connectivity index (χ4v) is 2.72. The van der Waals surface area contributed by atoms with Crippen molar-refractivity contribution in [2.24, 2.45) is 0 Å². The van der Waals surface area contributed by atoms with Crippen molar-refractivity contribution in [3.8, 4) is 5.75 Å². The maximum absolute atomic E-state index is 12.2. The molecule has 8 nitrogen and oxygen atoms in total. The molecule has 0 aromatic heterocycles. The number of benzene rings is 1. The van der Waals surface area contributed by atoms with Crippen molar-refractivity contribution >= 4 is 22.0 Å². The predicted molar refractivity (Wildman–Crippen MR) is 71.8 cm³/mol. The smallest absolute Gasteiger partial charge is 0.341 e. The van der Waals surface area contributed by atoms with Crippen LogP contribution in [0.2, 0.25) is 0 Å². The van der Waals surface area contributed by atoms with E-state index in [1.807, 2.05) is 0 Å². The van der Waals surface area contributed by atoms with Gasteiger partial charge in [-0.3, -0.25) is 4.79 Å². The maximum Gasteiger partial charge on any atom is 0.341 e. The molecule has 0 aliphatic rings. The highest BCUT2D eigenvalue weighted by Crippen LogP contribution is 2.24. The Morgan fingerprint density at radius 3 is 2.38 bits per heavy atom. The van der Waals surface area contributed by atoms with Crippen LogP contribution in [0.4, 0.5) is 0 Å². The van der Waals surface area contributed by atoms with E-state index in [-0.39, 0.29) is 16.2 Å². The molecule has 0 aliphatic carbocycles. The molecule has 1 N–H and O–H groups in total. The second-order valence-electron chi connectivity index (χ2n) is 4.01. The van der Waals surface area contributed by atoms with Crippen LogP contribution >= 0.6 is 0 Å². The van der Waals surface area contributed by atoms with Crippen molar-refractivity contribution in [3.05, 3.63) is 23.8 Å². The van der Waals surface area contributed by atoms with Crippen LogP contribution in [0.25, 0.3) is 0 Å². The average molecular weight is 317 g/mol. The zero-order valence-electron chi connectivity index (χ0n) is 11.7. The molecular weight excluding hydrogens is 302 g/mol. The first-order chi connectivity index (χ1) is 9.73. The number of likely N-dealkylation sites (N-methyl/N-ethyl adjacent to an activating group) is 1. The van der Waals surface area contributed by atoms with Crippen LogP contribution < -0.4 is 4.74 Å². The number of nitrogens with zero attached hydrogens (tertiary/aromatic N) is 1. The van der Waals surface area contributed by atoms with E-state index in [4.69, 9.17) is 9.84 Å². The summed E-state index contributed by atoms with van der Waals surface area (Å²) in [5, 5.41) is 8.66. The third kappa shape index (κ3) is 3.70. The van der Waals surface area contributed by atoms with Crippen LogP contribution in [0.3, 0.4) is 0 Å². The van der Waals surface area contributed by atoms with Crippen LogP contribution in [-0.2, 0) is 19.6 Å². The third-order valence-electron chi connectivity index (χ3n) is 2.64. The van der Waals surface area contributed by atoms with Crippen molar-refractivity contribution in [2.45, 2.75) is 4.90 Å². The predicted octanol–water partition coefficient (Wildman–Crippen LogP) is 0.187. The molecule has 0 fully saturated rings. The van der Waals surface area contributed by atoms with Crippen molar-refractivity contribution in [2.75, 3.05) is 27.8 Å². The number of carbonyl (C=O) groups excluding carboxylic acids is 1. The topological polar surface area (TPSA) is 110 Å². The Hall–Kier alpha value is -2.13. The number of rotatable bonds is 6. The van der Waals surface area contributed by atoms with Crippen LogP contribution in [0, 0.1) is 0 Å². The summed E-state index contributed by atoms with van der Waals surface area (Å²) in [5.74, 6) is -1.89. The Morgan fingerprint density at radius 1 is 1.29 bits per heavy atom. The summed E-state index contributed by atoms with van der Waals surface area (Å²) in [6, 6.07) is 3.60. The average Bonchev–Trinajstić information content (AvgIpc) is 2.44. The molecule has 0 bridgehead atoms. The minimum atomic E-state index is -4.03. The lowest BCUT2D eigenvalue weighted by molar-refractivity contribution is -0.137. The molecule has 0 atom stereocenters. The van der Waals surface area contributed by atoms with Gasteiger partial charge >= 0.3 is 11.9 Å². The summed E-state index contributed by atoms with van der Waals surface area (Å²) in [6.45, 7) is -0.693. The fourth-order valence-electron chi connectivity index (χ4n) is 1.57. The van der Waals surface area contributed by atoms with Gasteiger partial charge in [0.25, 0.3) is 0 Å². The summed E-state index contributed by atoms with van der Waals surface area (Å²) in [4.78, 5) is 22.0. The first kappa shape index (κ1) is 16.9. The minimum absolute atomic E-state index is 0.0650. The molecule has 0 amide bonds. The first-order valence-corrected chi connectivity index (χ1v) is 7.12. The molecule has 0 heterocycles. The molecule has 0 spiro atoms. The van der Waals surface area contributed by atoms with Crippen LogP contribution in [0.15, 0.2) is 23.1 Å². The number of hydrogen-bond donors (Lipinski definition) is 1. The van der Waals surface area contributed by atoms with Crippen LogP contribution in [-0.4, -0.2) is 57.6 Å². The largest absolute Gasteiger partial charge is 0.496 e. The lowest BCUT2D eigenvalue weighted by Crippen LogP contribution is -2.32. The van der Waals surface area contributed by atoms with Crippen molar-refractivity contribution in [1.82, 2.24) is 4.31 Å². The molecule has 0 aliphatic heterocycles. The summed E-state index contributed by atoms with van der Waals surface area (Å²) in [6.07, 6.45) is 0. The van der Waals surface area contributed by atoms with E-state index >= 15 is 0 Å². The number of aliphatic carboxylic acids is 1. The highest BCUT2D eigenvalue weighted by Gasteiger charge is 2.25. The molecule has 1 aromatic rings. The van der Waals surface area contributed by atoms with Gasteiger partial charge < -0.3 is 14.6 Å². The van der Waals surface area contributed by atoms with E-state index in [0.717, 1.165) is 20.2 Å². The quantitative estimate of drug-likeness (QED) is 0.745. The van der Waals surface area contributed by atoms with Gasteiger partial charge in [0.05, 0.1) is 19.1 Å². The number of sulfonamides is 1. The Morgan fingerprint density at radius 2 is 1.90 bits per heavy atom. The minimum Gasteiger partial charge on any atom is -0.496 e. The molecule has 1 rings (SSSR count). The first-order valence-electron chi connectivity index (χ1n) is 5.68. The number of esters is 1. The lowest BCUT2D eigenvalue weighted by Gasteiger charge is -2.16.